The largest absolute Gasteiger partial charge is 0.491 e. The molecule has 1 fully saturated rings. The summed E-state index contributed by atoms with van der Waals surface area (Å²) in [7, 11) is -0.438. The van der Waals surface area contributed by atoms with Crippen molar-refractivity contribution >= 4 is 13.2 Å². The highest BCUT2D eigenvalue weighted by atomic mass is 16.7. The van der Waals surface area contributed by atoms with E-state index in [9.17, 15) is 5.11 Å². The SMILES string of the molecule is Cc1c(C=C(CN)B2OC(C)(C)C(C)(C)O2)cccc1CO. The minimum absolute atomic E-state index is 0.0297. The van der Waals surface area contributed by atoms with E-state index < -0.39 is 7.12 Å². The van der Waals surface area contributed by atoms with Gasteiger partial charge >= 0.3 is 7.12 Å². The fourth-order valence-corrected chi connectivity index (χ4v) is 2.45. The first-order chi connectivity index (χ1) is 10.2. The van der Waals surface area contributed by atoms with E-state index >= 15 is 0 Å². The van der Waals surface area contributed by atoms with E-state index in [1.807, 2.05) is 58.9 Å². The average Bonchev–Trinajstić information content (AvgIpc) is 2.66. The second-order valence-electron chi connectivity index (χ2n) is 6.80. The zero-order valence-electron chi connectivity index (χ0n) is 14.1. The quantitative estimate of drug-likeness (QED) is 0.839. The molecule has 3 N–H and O–H groups in total. The Morgan fingerprint density at radius 3 is 2.32 bits per heavy atom. The summed E-state index contributed by atoms with van der Waals surface area (Å²) in [4.78, 5) is 0. The molecule has 22 heavy (non-hydrogen) atoms. The maximum absolute atomic E-state index is 9.39. The van der Waals surface area contributed by atoms with Crippen molar-refractivity contribution in [2.24, 2.45) is 5.73 Å². The summed E-state index contributed by atoms with van der Waals surface area (Å²) in [6, 6.07) is 5.86. The predicted octanol–water partition coefficient (Wildman–Crippen LogP) is 2.46. The molecular formula is C17H26BNO3. The van der Waals surface area contributed by atoms with Gasteiger partial charge in [0.15, 0.2) is 0 Å². The van der Waals surface area contributed by atoms with Crippen molar-refractivity contribution in [3.8, 4) is 0 Å². The summed E-state index contributed by atoms with van der Waals surface area (Å²) < 4.78 is 12.1. The van der Waals surface area contributed by atoms with E-state index in [1.165, 1.54) is 0 Å². The molecule has 1 heterocycles. The smallest absolute Gasteiger partial charge is 0.400 e. The van der Waals surface area contributed by atoms with Gasteiger partial charge in [0, 0.05) is 6.54 Å². The number of aliphatic hydroxyl groups is 1. The molecule has 1 saturated heterocycles. The van der Waals surface area contributed by atoms with Crippen molar-refractivity contribution in [1.29, 1.82) is 0 Å². The van der Waals surface area contributed by atoms with Crippen molar-refractivity contribution in [1.82, 2.24) is 0 Å². The van der Waals surface area contributed by atoms with Crippen LogP contribution < -0.4 is 5.73 Å². The van der Waals surface area contributed by atoms with Crippen LogP contribution in [0, 0.1) is 6.92 Å². The van der Waals surface area contributed by atoms with Crippen LogP contribution >= 0.6 is 0 Å². The Morgan fingerprint density at radius 2 is 1.82 bits per heavy atom. The summed E-state index contributed by atoms with van der Waals surface area (Å²) in [5, 5.41) is 9.39. The standard InChI is InChI=1S/C17H26BNO3/c1-12-13(7-6-8-14(12)11-20)9-15(10-19)18-21-16(2,3)17(4,5)22-18/h6-9,20H,10-11,19H2,1-5H3. The molecule has 0 bridgehead atoms. The molecule has 0 saturated carbocycles. The molecule has 1 aromatic carbocycles. The van der Waals surface area contributed by atoms with Crippen LogP contribution in [0.15, 0.2) is 23.7 Å². The Bertz CT molecular complexity index is 565. The number of nitrogens with two attached hydrogens (primary N) is 1. The molecule has 1 aliphatic heterocycles. The van der Waals surface area contributed by atoms with Crippen molar-refractivity contribution in [3.05, 3.63) is 40.4 Å². The van der Waals surface area contributed by atoms with Gasteiger partial charge in [0.2, 0.25) is 0 Å². The van der Waals surface area contributed by atoms with Crippen molar-refractivity contribution in [3.63, 3.8) is 0 Å². The van der Waals surface area contributed by atoms with E-state index in [-0.39, 0.29) is 17.8 Å². The molecule has 0 spiro atoms. The Kier molecular flexibility index (Phi) is 4.83. The lowest BCUT2D eigenvalue weighted by Crippen LogP contribution is -2.41. The van der Waals surface area contributed by atoms with Crippen LogP contribution in [-0.4, -0.2) is 30.0 Å². The third kappa shape index (κ3) is 3.13. The van der Waals surface area contributed by atoms with E-state index in [0.717, 1.165) is 22.2 Å². The molecule has 1 aliphatic rings. The summed E-state index contributed by atoms with van der Waals surface area (Å²) in [6.45, 7) is 10.5. The summed E-state index contributed by atoms with van der Waals surface area (Å²) in [5.41, 5.74) is 9.05. The number of rotatable bonds is 4. The normalized spacial score (nSPS) is 20.5. The van der Waals surface area contributed by atoms with Crippen molar-refractivity contribution < 1.29 is 14.4 Å². The van der Waals surface area contributed by atoms with Gasteiger partial charge in [-0.05, 0) is 56.8 Å². The molecule has 5 heteroatoms. The van der Waals surface area contributed by atoms with Gasteiger partial charge in [-0.1, -0.05) is 24.3 Å². The average molecular weight is 303 g/mol. The van der Waals surface area contributed by atoms with Crippen LogP contribution in [0.25, 0.3) is 6.08 Å². The highest BCUT2D eigenvalue weighted by Gasteiger charge is 2.52. The molecular weight excluding hydrogens is 277 g/mol. The zero-order chi connectivity index (χ0) is 16.5. The van der Waals surface area contributed by atoms with Crippen LogP contribution in [0.4, 0.5) is 0 Å². The first-order valence-electron chi connectivity index (χ1n) is 7.67. The van der Waals surface area contributed by atoms with Crippen LogP contribution in [0.3, 0.4) is 0 Å². The van der Waals surface area contributed by atoms with Gasteiger partial charge in [0.05, 0.1) is 17.8 Å². The van der Waals surface area contributed by atoms with E-state index in [0.29, 0.717) is 6.54 Å². The molecule has 0 atom stereocenters. The Labute approximate surface area is 133 Å². The Balaban J connectivity index is 2.34. The van der Waals surface area contributed by atoms with Gasteiger partial charge in [-0.25, -0.2) is 0 Å². The molecule has 4 nitrogen and oxygen atoms in total. The van der Waals surface area contributed by atoms with Crippen LogP contribution in [0.2, 0.25) is 0 Å². The van der Waals surface area contributed by atoms with Gasteiger partial charge in [-0.3, -0.25) is 0 Å². The Morgan fingerprint density at radius 1 is 1.23 bits per heavy atom. The van der Waals surface area contributed by atoms with Crippen LogP contribution in [0.1, 0.15) is 44.4 Å². The van der Waals surface area contributed by atoms with Gasteiger partial charge < -0.3 is 20.1 Å². The summed E-state index contributed by atoms with van der Waals surface area (Å²) in [6.07, 6.45) is 2.01. The first-order valence-corrected chi connectivity index (χ1v) is 7.67. The number of hydrogen-bond donors (Lipinski definition) is 2. The monoisotopic (exact) mass is 303 g/mol. The maximum Gasteiger partial charge on any atom is 0.491 e. The Hall–Kier alpha value is -1.14. The molecule has 0 aliphatic carbocycles. The van der Waals surface area contributed by atoms with Crippen molar-refractivity contribution in [2.45, 2.75) is 52.4 Å². The fraction of sp³-hybridized carbons (Fsp3) is 0.529. The molecule has 2 rings (SSSR count). The molecule has 0 unspecified atom stereocenters. The number of hydrogen-bond acceptors (Lipinski definition) is 4. The molecule has 120 valence electrons. The predicted molar refractivity (Wildman–Crippen MR) is 90.2 cm³/mol. The summed E-state index contributed by atoms with van der Waals surface area (Å²) in [5.74, 6) is 0. The topological polar surface area (TPSA) is 64.7 Å². The van der Waals surface area contributed by atoms with Crippen molar-refractivity contribution in [2.75, 3.05) is 6.54 Å². The zero-order valence-corrected chi connectivity index (χ0v) is 14.1. The van der Waals surface area contributed by atoms with E-state index in [2.05, 4.69) is 0 Å². The highest BCUT2D eigenvalue weighted by molar-refractivity contribution is 6.55. The second-order valence-corrected chi connectivity index (χ2v) is 6.80. The fourth-order valence-electron chi connectivity index (χ4n) is 2.45. The third-order valence-electron chi connectivity index (χ3n) is 4.79. The molecule has 0 amide bonds. The molecule has 0 aromatic heterocycles. The first kappa shape index (κ1) is 17.2. The maximum atomic E-state index is 9.39. The number of aliphatic hydroxyl groups excluding tert-OH is 1. The number of benzene rings is 1. The molecule has 0 radical (unpaired) electrons. The lowest BCUT2D eigenvalue weighted by molar-refractivity contribution is 0.00578. The molecule has 1 aromatic rings. The van der Waals surface area contributed by atoms with Gasteiger partial charge in [0.1, 0.15) is 0 Å². The minimum atomic E-state index is -0.438. The van der Waals surface area contributed by atoms with E-state index in [1.54, 1.807) is 0 Å². The van der Waals surface area contributed by atoms with Crippen LogP contribution in [-0.2, 0) is 15.9 Å². The lowest BCUT2D eigenvalue weighted by atomic mass is 9.76. The lowest BCUT2D eigenvalue weighted by Gasteiger charge is -2.32. The summed E-state index contributed by atoms with van der Waals surface area (Å²) >= 11 is 0. The second kappa shape index (κ2) is 6.16. The van der Waals surface area contributed by atoms with Gasteiger partial charge in [-0.15, -0.1) is 0 Å². The highest BCUT2D eigenvalue weighted by Crippen LogP contribution is 2.38. The minimum Gasteiger partial charge on any atom is -0.400 e. The van der Waals surface area contributed by atoms with E-state index in [4.69, 9.17) is 15.0 Å². The van der Waals surface area contributed by atoms with Gasteiger partial charge in [-0.2, -0.15) is 0 Å². The van der Waals surface area contributed by atoms with Gasteiger partial charge in [0.25, 0.3) is 0 Å². The third-order valence-corrected chi connectivity index (χ3v) is 4.79. The van der Waals surface area contributed by atoms with Crippen LogP contribution in [0.5, 0.6) is 0 Å².